The van der Waals surface area contributed by atoms with E-state index in [1.165, 1.54) is 0 Å². The number of hydroxylamine groups is 1. The maximum absolute atomic E-state index is 13.2. The lowest BCUT2D eigenvalue weighted by molar-refractivity contribution is -0.153. The lowest BCUT2D eigenvalue weighted by atomic mass is 9.91. The summed E-state index contributed by atoms with van der Waals surface area (Å²) < 4.78 is 39.7. The maximum Gasteiger partial charge on any atom is 0.416 e. The molecule has 0 radical (unpaired) electrons. The molecule has 2 amide bonds. The number of alkyl halides is 3. The Morgan fingerprint density at radius 3 is 2.25 bits per heavy atom. The molecule has 0 saturated heterocycles. The van der Waals surface area contributed by atoms with Crippen molar-refractivity contribution in [2.75, 3.05) is 5.32 Å². The number of nitrogens with one attached hydrogen (secondary N) is 4. The molecular weight excluding hydrogens is 479 g/mol. The number of benzene rings is 2. The Labute approximate surface area is 206 Å². The van der Waals surface area contributed by atoms with Crippen molar-refractivity contribution in [2.45, 2.75) is 45.8 Å². The van der Waals surface area contributed by atoms with Gasteiger partial charge in [-0.2, -0.15) is 18.7 Å². The molecule has 36 heavy (non-hydrogen) atoms. The van der Waals surface area contributed by atoms with E-state index in [2.05, 4.69) is 10.6 Å². The third-order valence-electron chi connectivity index (χ3n) is 4.64. The number of amides is 2. The van der Waals surface area contributed by atoms with Gasteiger partial charge in [0.1, 0.15) is 6.04 Å². The van der Waals surface area contributed by atoms with Crippen molar-refractivity contribution in [3.8, 4) is 0 Å². The molecule has 1 atom stereocenters. The van der Waals surface area contributed by atoms with Crippen LogP contribution in [0.1, 0.15) is 48.7 Å². The van der Waals surface area contributed by atoms with E-state index in [0.717, 1.165) is 6.07 Å². The number of anilines is 1. The average Bonchev–Trinajstić information content (AvgIpc) is 2.75. The Bertz CT molecular complexity index is 1110. The molecule has 0 aliphatic carbocycles. The van der Waals surface area contributed by atoms with Crippen molar-refractivity contribution in [2.24, 2.45) is 11.1 Å². The Morgan fingerprint density at radius 1 is 1.06 bits per heavy atom. The zero-order valence-corrected chi connectivity index (χ0v) is 20.0. The molecule has 0 unspecified atom stereocenters. The quantitative estimate of drug-likeness (QED) is 0.221. The molecule has 6 N–H and O–H groups in total. The highest BCUT2D eigenvalue weighted by Crippen LogP contribution is 2.32. The lowest BCUT2D eigenvalue weighted by Crippen LogP contribution is -2.46. The highest BCUT2D eigenvalue weighted by Gasteiger charge is 2.32. The van der Waals surface area contributed by atoms with Gasteiger partial charge in [-0.1, -0.05) is 51.1 Å². The maximum atomic E-state index is 13.2. The van der Waals surface area contributed by atoms with Crippen LogP contribution < -0.4 is 21.8 Å². The summed E-state index contributed by atoms with van der Waals surface area (Å²) in [6.45, 7) is 5.55. The molecule has 9 nitrogen and oxygen atoms in total. The summed E-state index contributed by atoms with van der Waals surface area (Å²) in [5, 5.41) is 12.0. The summed E-state index contributed by atoms with van der Waals surface area (Å²) in [7, 11) is 0. The average molecular weight is 508 g/mol. The number of hydrogen-bond donors (Lipinski definition) is 5. The van der Waals surface area contributed by atoms with Crippen molar-refractivity contribution in [1.82, 2.24) is 10.8 Å². The van der Waals surface area contributed by atoms with E-state index in [4.69, 9.17) is 16.0 Å². The summed E-state index contributed by atoms with van der Waals surface area (Å²) in [6, 6.07) is 9.81. The minimum Gasteiger partial charge on any atom is -0.370 e. The van der Waals surface area contributed by atoms with Crippen LogP contribution in [0.3, 0.4) is 0 Å². The number of halogens is 3. The molecule has 0 aliphatic heterocycles. The first-order valence-electron chi connectivity index (χ1n) is 10.8. The van der Waals surface area contributed by atoms with Crippen molar-refractivity contribution in [3.05, 3.63) is 65.2 Å². The van der Waals surface area contributed by atoms with Crippen LogP contribution in [0.4, 0.5) is 18.9 Å². The zero-order chi connectivity index (χ0) is 27.1. The molecule has 2 aromatic carbocycles. The Hall–Kier alpha value is -4.09. The number of hydrogen-bond acceptors (Lipinski definition) is 5. The number of guanidine groups is 1. The van der Waals surface area contributed by atoms with Gasteiger partial charge in [0, 0.05) is 24.1 Å². The van der Waals surface area contributed by atoms with E-state index in [-0.39, 0.29) is 23.9 Å². The molecule has 0 spiro atoms. The van der Waals surface area contributed by atoms with Crippen molar-refractivity contribution < 1.29 is 32.4 Å². The fourth-order valence-corrected chi connectivity index (χ4v) is 3.15. The van der Waals surface area contributed by atoms with Crippen molar-refractivity contribution in [3.63, 3.8) is 0 Å². The topological polar surface area (TPSA) is 146 Å². The van der Waals surface area contributed by atoms with Crippen molar-refractivity contribution >= 4 is 29.4 Å². The molecule has 2 rings (SSSR count). The first-order valence-corrected chi connectivity index (χ1v) is 10.8. The second-order valence-corrected chi connectivity index (χ2v) is 9.24. The van der Waals surface area contributed by atoms with Gasteiger partial charge in [0.2, 0.25) is 5.91 Å². The number of rotatable bonds is 7. The summed E-state index contributed by atoms with van der Waals surface area (Å²) in [5.41, 5.74) is 5.41. The fraction of sp³-hybridized carbons (Fsp3) is 0.333. The van der Waals surface area contributed by atoms with Crippen molar-refractivity contribution in [1.29, 1.82) is 5.41 Å². The Balaban J connectivity index is 2.19. The van der Waals surface area contributed by atoms with Gasteiger partial charge in [-0.15, -0.1) is 0 Å². The largest absolute Gasteiger partial charge is 0.416 e. The predicted molar refractivity (Wildman–Crippen MR) is 127 cm³/mol. The molecule has 0 saturated carbocycles. The molecule has 0 heterocycles. The standard InChI is InChI=1S/C24H28F3N5O4/c1-23(2,3)13-19(33)31-18(9-14-7-5-4-6-8-14)21(35)36-32-20(34)15-10-16(24(25,26)27)12-17(11-15)30-22(28)29/h4-8,10-12,18H,9,13H2,1-3H3,(H,31,33)(H,32,34)(H4,28,29,30)/t18-/m0/s1. The molecule has 194 valence electrons. The second kappa shape index (κ2) is 11.6. The summed E-state index contributed by atoms with van der Waals surface area (Å²) >= 11 is 0. The molecule has 0 aromatic heterocycles. The van der Waals surface area contributed by atoms with E-state index < -0.39 is 47.1 Å². The van der Waals surface area contributed by atoms with Crippen LogP contribution in [0, 0.1) is 10.8 Å². The van der Waals surface area contributed by atoms with Gasteiger partial charge in [0.05, 0.1) is 5.56 Å². The summed E-state index contributed by atoms with van der Waals surface area (Å²) in [5.74, 6) is -3.21. The molecule has 0 aliphatic rings. The lowest BCUT2D eigenvalue weighted by Gasteiger charge is -2.21. The molecular formula is C24H28F3N5O4. The fourth-order valence-electron chi connectivity index (χ4n) is 3.15. The highest BCUT2D eigenvalue weighted by atomic mass is 19.4. The van der Waals surface area contributed by atoms with Crippen LogP contribution in [0.25, 0.3) is 0 Å². The number of carbonyl (C=O) groups excluding carboxylic acids is 3. The van der Waals surface area contributed by atoms with Crippen LogP contribution in [0.15, 0.2) is 48.5 Å². The van der Waals surface area contributed by atoms with E-state index in [9.17, 15) is 27.6 Å². The van der Waals surface area contributed by atoms with E-state index >= 15 is 0 Å². The van der Waals surface area contributed by atoms with Crippen LogP contribution in [-0.4, -0.2) is 29.8 Å². The number of carbonyl (C=O) groups is 3. The first kappa shape index (κ1) is 28.1. The normalized spacial score (nSPS) is 12.3. The van der Waals surface area contributed by atoms with Crippen LogP contribution in [0.2, 0.25) is 0 Å². The molecule has 0 fully saturated rings. The van der Waals surface area contributed by atoms with Gasteiger partial charge in [0.15, 0.2) is 5.96 Å². The Kier molecular flexibility index (Phi) is 9.04. The van der Waals surface area contributed by atoms with Crippen LogP contribution in [-0.2, 0) is 27.0 Å². The van der Waals surface area contributed by atoms with E-state index in [0.29, 0.717) is 17.7 Å². The van der Waals surface area contributed by atoms with Gasteiger partial charge in [0.25, 0.3) is 5.91 Å². The third kappa shape index (κ3) is 9.28. The highest BCUT2D eigenvalue weighted by molar-refractivity contribution is 5.97. The van der Waals surface area contributed by atoms with Gasteiger partial charge < -0.3 is 21.2 Å². The predicted octanol–water partition coefficient (Wildman–Crippen LogP) is 3.36. The van der Waals surface area contributed by atoms with Crippen LogP contribution in [0.5, 0.6) is 0 Å². The van der Waals surface area contributed by atoms with E-state index in [1.807, 2.05) is 26.3 Å². The molecule has 0 bridgehead atoms. The van der Waals surface area contributed by atoms with Gasteiger partial charge in [-0.25, -0.2) is 4.79 Å². The van der Waals surface area contributed by atoms with Gasteiger partial charge in [-0.05, 0) is 29.2 Å². The first-order chi connectivity index (χ1) is 16.6. The summed E-state index contributed by atoms with van der Waals surface area (Å²) in [6.07, 6.45) is -4.62. The smallest absolute Gasteiger partial charge is 0.370 e. The van der Waals surface area contributed by atoms with Crippen LogP contribution >= 0.6 is 0 Å². The minimum absolute atomic E-state index is 0.0572. The SMILES string of the molecule is CC(C)(C)CC(=O)N[C@@H](Cc1ccccc1)C(=O)ONC(=O)c1cc(NC(=N)N)cc(C(F)(F)F)c1. The molecule has 12 heteroatoms. The summed E-state index contributed by atoms with van der Waals surface area (Å²) in [4.78, 5) is 42.5. The minimum atomic E-state index is -4.79. The second-order valence-electron chi connectivity index (χ2n) is 9.24. The van der Waals surface area contributed by atoms with Gasteiger partial charge in [-0.3, -0.25) is 15.0 Å². The molecule has 2 aromatic rings. The monoisotopic (exact) mass is 507 g/mol. The van der Waals surface area contributed by atoms with E-state index in [1.54, 1.807) is 30.3 Å². The van der Waals surface area contributed by atoms with Gasteiger partial charge >= 0.3 is 12.1 Å². The Morgan fingerprint density at radius 2 is 1.69 bits per heavy atom. The zero-order valence-electron chi connectivity index (χ0n) is 20.0. The number of nitrogens with two attached hydrogens (primary N) is 1. The third-order valence-corrected chi connectivity index (χ3v) is 4.64.